The summed E-state index contributed by atoms with van der Waals surface area (Å²) in [6, 6.07) is 5.29. The fourth-order valence-corrected chi connectivity index (χ4v) is 2.92. The number of ether oxygens (including phenoxy) is 1. The predicted molar refractivity (Wildman–Crippen MR) is 99.6 cm³/mol. The second-order valence-electron chi connectivity index (χ2n) is 6.76. The van der Waals surface area contributed by atoms with Crippen LogP contribution in [0.25, 0.3) is 11.4 Å². The number of nitrogens with zero attached hydrogens (tertiary/aromatic N) is 4. The van der Waals surface area contributed by atoms with Crippen LogP contribution in [0, 0.1) is 12.8 Å². The zero-order valence-electron chi connectivity index (χ0n) is 15.5. The van der Waals surface area contributed by atoms with Crippen LogP contribution in [0.5, 0.6) is 0 Å². The van der Waals surface area contributed by atoms with E-state index in [1.165, 1.54) is 0 Å². The minimum absolute atomic E-state index is 0.0856. The van der Waals surface area contributed by atoms with Crippen molar-refractivity contribution in [2.75, 3.05) is 31.6 Å². The Hall–Kier alpha value is -2.54. The molecule has 1 fully saturated rings. The largest absolute Gasteiger partial charge is 0.378 e. The highest BCUT2D eigenvalue weighted by molar-refractivity contribution is 5.85. The minimum Gasteiger partial charge on any atom is -0.378 e. The molecule has 2 aromatic heterocycles. The van der Waals surface area contributed by atoms with Gasteiger partial charge >= 0.3 is 0 Å². The summed E-state index contributed by atoms with van der Waals surface area (Å²) in [6.07, 6.45) is 3.45. The standard InChI is InChI=1S/C19H25N5O2/c1-13(2)17(19(25)24-7-9-26-10-8-24)22-16-11-14(3)21-18(23-16)15-5-4-6-20-12-15/h4-6,11-13,17H,7-10H2,1-3H3,(H,21,22,23). The van der Waals surface area contributed by atoms with E-state index in [0.29, 0.717) is 37.9 Å². The van der Waals surface area contributed by atoms with Gasteiger partial charge in [-0.25, -0.2) is 9.97 Å². The topological polar surface area (TPSA) is 80.2 Å². The summed E-state index contributed by atoms with van der Waals surface area (Å²) >= 11 is 0. The molecule has 1 amide bonds. The number of aromatic nitrogens is 3. The average molecular weight is 355 g/mol. The van der Waals surface area contributed by atoms with Gasteiger partial charge in [0.2, 0.25) is 5.91 Å². The van der Waals surface area contributed by atoms with Crippen molar-refractivity contribution in [2.24, 2.45) is 5.92 Å². The molecule has 26 heavy (non-hydrogen) atoms. The third kappa shape index (κ3) is 4.35. The molecule has 138 valence electrons. The molecular weight excluding hydrogens is 330 g/mol. The summed E-state index contributed by atoms with van der Waals surface area (Å²) in [4.78, 5) is 28.0. The van der Waals surface area contributed by atoms with Gasteiger partial charge in [-0.1, -0.05) is 13.8 Å². The Balaban J connectivity index is 1.83. The van der Waals surface area contributed by atoms with Crippen LogP contribution in [0.4, 0.5) is 5.82 Å². The molecule has 0 radical (unpaired) electrons. The van der Waals surface area contributed by atoms with Crippen LogP contribution in [0.3, 0.4) is 0 Å². The quantitative estimate of drug-likeness (QED) is 0.885. The van der Waals surface area contributed by atoms with Crippen LogP contribution < -0.4 is 5.32 Å². The number of hydrogen-bond acceptors (Lipinski definition) is 6. The Morgan fingerprint density at radius 1 is 1.27 bits per heavy atom. The van der Waals surface area contributed by atoms with E-state index in [1.807, 2.05) is 43.9 Å². The van der Waals surface area contributed by atoms with Crippen molar-refractivity contribution in [3.05, 3.63) is 36.3 Å². The predicted octanol–water partition coefficient (Wildman–Crippen LogP) is 2.14. The van der Waals surface area contributed by atoms with Gasteiger partial charge in [0, 0.05) is 42.8 Å². The SMILES string of the molecule is Cc1cc(NC(C(=O)N2CCOCC2)C(C)C)nc(-c2cccnc2)n1. The van der Waals surface area contributed by atoms with E-state index in [4.69, 9.17) is 4.74 Å². The molecule has 1 atom stereocenters. The third-order valence-corrected chi connectivity index (χ3v) is 4.33. The highest BCUT2D eigenvalue weighted by atomic mass is 16.5. The van der Waals surface area contributed by atoms with Crippen molar-refractivity contribution >= 4 is 11.7 Å². The molecule has 3 heterocycles. The Morgan fingerprint density at radius 3 is 2.69 bits per heavy atom. The third-order valence-electron chi connectivity index (χ3n) is 4.33. The van der Waals surface area contributed by atoms with Crippen molar-refractivity contribution in [1.82, 2.24) is 19.9 Å². The Labute approximate surface area is 153 Å². The van der Waals surface area contributed by atoms with Gasteiger partial charge in [-0.2, -0.15) is 0 Å². The summed E-state index contributed by atoms with van der Waals surface area (Å²) in [7, 11) is 0. The number of pyridine rings is 1. The summed E-state index contributed by atoms with van der Waals surface area (Å²) in [5.41, 5.74) is 1.68. The molecule has 1 aliphatic heterocycles. The van der Waals surface area contributed by atoms with Crippen LogP contribution >= 0.6 is 0 Å². The number of nitrogens with one attached hydrogen (secondary N) is 1. The number of aryl methyl sites for hydroxylation is 1. The number of anilines is 1. The van der Waals surface area contributed by atoms with Gasteiger partial charge in [-0.15, -0.1) is 0 Å². The first-order chi connectivity index (χ1) is 12.5. The molecule has 1 aliphatic rings. The number of morpholine rings is 1. The highest BCUT2D eigenvalue weighted by Crippen LogP contribution is 2.19. The van der Waals surface area contributed by atoms with Crippen molar-refractivity contribution in [2.45, 2.75) is 26.8 Å². The summed E-state index contributed by atoms with van der Waals surface area (Å²) in [5, 5.41) is 3.32. The maximum absolute atomic E-state index is 12.9. The van der Waals surface area contributed by atoms with Gasteiger partial charge < -0.3 is 15.0 Å². The molecule has 2 aromatic rings. The highest BCUT2D eigenvalue weighted by Gasteiger charge is 2.28. The van der Waals surface area contributed by atoms with E-state index in [2.05, 4.69) is 20.3 Å². The van der Waals surface area contributed by atoms with E-state index >= 15 is 0 Å². The molecule has 0 bridgehead atoms. The number of rotatable bonds is 5. The lowest BCUT2D eigenvalue weighted by atomic mass is 10.0. The van der Waals surface area contributed by atoms with Crippen LogP contribution in [-0.2, 0) is 9.53 Å². The van der Waals surface area contributed by atoms with Crippen molar-refractivity contribution in [3.8, 4) is 11.4 Å². The van der Waals surface area contributed by atoms with Crippen molar-refractivity contribution in [3.63, 3.8) is 0 Å². The molecule has 0 aliphatic carbocycles. The lowest BCUT2D eigenvalue weighted by Crippen LogP contribution is -2.49. The fraction of sp³-hybridized carbons (Fsp3) is 0.474. The van der Waals surface area contributed by atoms with E-state index < -0.39 is 0 Å². The van der Waals surface area contributed by atoms with Crippen LogP contribution in [0.15, 0.2) is 30.6 Å². The second-order valence-corrected chi connectivity index (χ2v) is 6.76. The van der Waals surface area contributed by atoms with Crippen LogP contribution in [-0.4, -0.2) is 58.1 Å². The fourth-order valence-electron chi connectivity index (χ4n) is 2.92. The molecule has 0 aromatic carbocycles. The maximum Gasteiger partial charge on any atom is 0.245 e. The van der Waals surface area contributed by atoms with E-state index in [0.717, 1.165) is 11.3 Å². The van der Waals surface area contributed by atoms with Crippen LogP contribution in [0.2, 0.25) is 0 Å². The average Bonchev–Trinajstić information content (AvgIpc) is 2.66. The smallest absolute Gasteiger partial charge is 0.245 e. The zero-order valence-corrected chi connectivity index (χ0v) is 15.5. The van der Waals surface area contributed by atoms with E-state index in [1.54, 1.807) is 12.4 Å². The molecule has 7 nitrogen and oxygen atoms in total. The Morgan fingerprint density at radius 2 is 2.04 bits per heavy atom. The second kappa shape index (κ2) is 8.23. The maximum atomic E-state index is 12.9. The molecule has 1 N–H and O–H groups in total. The van der Waals surface area contributed by atoms with Crippen LogP contribution in [0.1, 0.15) is 19.5 Å². The number of amides is 1. The zero-order chi connectivity index (χ0) is 18.5. The molecular formula is C19H25N5O2. The monoisotopic (exact) mass is 355 g/mol. The normalized spacial score (nSPS) is 15.8. The van der Waals surface area contributed by atoms with Crippen molar-refractivity contribution in [1.29, 1.82) is 0 Å². The first-order valence-corrected chi connectivity index (χ1v) is 8.94. The first kappa shape index (κ1) is 18.3. The first-order valence-electron chi connectivity index (χ1n) is 8.94. The van der Waals surface area contributed by atoms with Gasteiger partial charge in [-0.3, -0.25) is 9.78 Å². The lowest BCUT2D eigenvalue weighted by molar-refractivity contribution is -0.137. The molecule has 0 spiro atoms. The van der Waals surface area contributed by atoms with Gasteiger partial charge in [0.1, 0.15) is 11.9 Å². The van der Waals surface area contributed by atoms with Gasteiger partial charge in [0.05, 0.1) is 13.2 Å². The number of carbonyl (C=O) groups is 1. The van der Waals surface area contributed by atoms with Gasteiger partial charge in [-0.05, 0) is 25.0 Å². The van der Waals surface area contributed by atoms with Gasteiger partial charge in [0.25, 0.3) is 0 Å². The van der Waals surface area contributed by atoms with E-state index in [-0.39, 0.29) is 17.9 Å². The Bertz CT molecular complexity index is 745. The summed E-state index contributed by atoms with van der Waals surface area (Å²) in [6.45, 7) is 8.43. The molecule has 0 saturated carbocycles. The number of hydrogen-bond donors (Lipinski definition) is 1. The lowest BCUT2D eigenvalue weighted by Gasteiger charge is -2.32. The van der Waals surface area contributed by atoms with E-state index in [9.17, 15) is 4.79 Å². The molecule has 7 heteroatoms. The Kier molecular flexibility index (Phi) is 5.78. The van der Waals surface area contributed by atoms with Crippen molar-refractivity contribution < 1.29 is 9.53 Å². The molecule has 3 rings (SSSR count). The summed E-state index contributed by atoms with van der Waals surface area (Å²) in [5.74, 6) is 1.46. The molecule has 1 unspecified atom stereocenters. The molecule has 1 saturated heterocycles. The minimum atomic E-state index is -0.343. The number of carbonyl (C=O) groups excluding carboxylic acids is 1. The summed E-state index contributed by atoms with van der Waals surface area (Å²) < 4.78 is 5.35. The van der Waals surface area contributed by atoms with Gasteiger partial charge in [0.15, 0.2) is 5.82 Å².